The van der Waals surface area contributed by atoms with Gasteiger partial charge in [0.2, 0.25) is 10.0 Å². The van der Waals surface area contributed by atoms with Gasteiger partial charge in [-0.05, 0) is 47.4 Å². The molecule has 0 radical (unpaired) electrons. The van der Waals surface area contributed by atoms with Gasteiger partial charge in [-0.1, -0.05) is 13.8 Å². The number of thiophene rings is 1. The highest BCUT2D eigenvalue weighted by molar-refractivity contribution is 9.11. The lowest BCUT2D eigenvalue weighted by Crippen LogP contribution is -2.31. The summed E-state index contributed by atoms with van der Waals surface area (Å²) in [6.07, 6.45) is 1.37. The first kappa shape index (κ1) is 17.1. The summed E-state index contributed by atoms with van der Waals surface area (Å²) in [5, 5.41) is 3.21. The summed E-state index contributed by atoms with van der Waals surface area (Å²) in [5.74, 6) is 0.181. The molecule has 0 fully saturated rings. The van der Waals surface area contributed by atoms with Gasteiger partial charge in [0.1, 0.15) is 0 Å². The number of hydrogen-bond acceptors (Lipinski definition) is 4. The van der Waals surface area contributed by atoms with Crippen molar-refractivity contribution in [3.05, 3.63) is 20.8 Å². The van der Waals surface area contributed by atoms with E-state index in [1.54, 1.807) is 11.3 Å². The van der Waals surface area contributed by atoms with Crippen LogP contribution in [0.1, 0.15) is 25.1 Å². The molecular formula is C12H21BrN2O2S2. The lowest BCUT2D eigenvalue weighted by Gasteiger charge is -2.09. The molecule has 1 rings (SSSR count). The van der Waals surface area contributed by atoms with Gasteiger partial charge in [0, 0.05) is 17.5 Å². The third-order valence-electron chi connectivity index (χ3n) is 2.46. The van der Waals surface area contributed by atoms with Crippen LogP contribution in [0.25, 0.3) is 0 Å². The summed E-state index contributed by atoms with van der Waals surface area (Å²) < 4.78 is 27.2. The van der Waals surface area contributed by atoms with Crippen molar-refractivity contribution in [1.29, 1.82) is 0 Å². The second-order valence-corrected chi connectivity index (χ2v) is 9.11. The Hall–Kier alpha value is 0.0500. The van der Waals surface area contributed by atoms with E-state index in [-0.39, 0.29) is 5.75 Å². The van der Waals surface area contributed by atoms with Crippen molar-refractivity contribution < 1.29 is 8.42 Å². The van der Waals surface area contributed by atoms with Gasteiger partial charge >= 0.3 is 0 Å². The van der Waals surface area contributed by atoms with Gasteiger partial charge in [-0.2, -0.15) is 0 Å². The van der Waals surface area contributed by atoms with Crippen molar-refractivity contribution >= 4 is 37.3 Å². The maximum absolute atomic E-state index is 11.7. The molecule has 7 heteroatoms. The highest BCUT2D eigenvalue weighted by Crippen LogP contribution is 2.22. The summed E-state index contributed by atoms with van der Waals surface area (Å²) >= 11 is 5.03. The second-order valence-electron chi connectivity index (χ2n) is 4.63. The van der Waals surface area contributed by atoms with Gasteiger partial charge in [-0.25, -0.2) is 13.1 Å². The Balaban J connectivity index is 2.19. The van der Waals surface area contributed by atoms with Gasteiger partial charge in [0.15, 0.2) is 0 Å². The van der Waals surface area contributed by atoms with Crippen LogP contribution in [-0.4, -0.2) is 33.3 Å². The minimum Gasteiger partial charge on any atom is -0.314 e. The first-order chi connectivity index (χ1) is 8.89. The molecule has 0 aliphatic heterocycles. The van der Waals surface area contributed by atoms with Crippen LogP contribution in [0.5, 0.6) is 0 Å². The van der Waals surface area contributed by atoms with E-state index < -0.39 is 10.0 Å². The molecule has 0 amide bonds. The number of halogens is 1. The molecule has 0 atom stereocenters. The third-order valence-corrected chi connectivity index (χ3v) is 5.62. The summed E-state index contributed by atoms with van der Waals surface area (Å²) in [4.78, 5) is 1.18. The monoisotopic (exact) mass is 368 g/mol. The molecule has 0 unspecified atom stereocenters. The molecule has 110 valence electrons. The molecular weight excluding hydrogens is 348 g/mol. The van der Waals surface area contributed by atoms with E-state index in [1.165, 1.54) is 4.88 Å². The third kappa shape index (κ3) is 8.04. The molecule has 0 aromatic carbocycles. The Morgan fingerprint density at radius 1 is 1.32 bits per heavy atom. The molecule has 0 saturated carbocycles. The van der Waals surface area contributed by atoms with Crippen LogP contribution in [0.3, 0.4) is 0 Å². The molecule has 0 bridgehead atoms. The standard InChI is InChI=1S/C12H21BrN2O2S2/c1-10(2)14-7-3-9-19(16,17)15-8-6-11-4-5-12(13)18-11/h4-5,10,14-15H,3,6-9H2,1-2H3. The van der Waals surface area contributed by atoms with Crippen molar-refractivity contribution in [3.63, 3.8) is 0 Å². The normalized spacial score (nSPS) is 12.2. The predicted molar refractivity (Wildman–Crippen MR) is 85.3 cm³/mol. The molecule has 0 aliphatic rings. The fraction of sp³-hybridized carbons (Fsp3) is 0.667. The Labute approximate surface area is 128 Å². The minimum atomic E-state index is -3.14. The molecule has 1 heterocycles. The zero-order valence-electron chi connectivity index (χ0n) is 11.3. The zero-order valence-corrected chi connectivity index (χ0v) is 14.5. The van der Waals surface area contributed by atoms with Crippen LogP contribution in [-0.2, 0) is 16.4 Å². The highest BCUT2D eigenvalue weighted by atomic mass is 79.9. The van der Waals surface area contributed by atoms with Crippen LogP contribution in [0.2, 0.25) is 0 Å². The summed E-state index contributed by atoms with van der Waals surface area (Å²) in [6.45, 7) is 5.29. The van der Waals surface area contributed by atoms with Crippen LogP contribution in [0.4, 0.5) is 0 Å². The van der Waals surface area contributed by atoms with Gasteiger partial charge in [-0.3, -0.25) is 0 Å². The van der Waals surface area contributed by atoms with Crippen molar-refractivity contribution in [3.8, 4) is 0 Å². The fourth-order valence-electron chi connectivity index (χ4n) is 1.54. The smallest absolute Gasteiger partial charge is 0.211 e. The largest absolute Gasteiger partial charge is 0.314 e. The Kier molecular flexibility index (Phi) is 7.53. The van der Waals surface area contributed by atoms with Crippen molar-refractivity contribution in [2.75, 3.05) is 18.8 Å². The van der Waals surface area contributed by atoms with E-state index in [0.29, 0.717) is 19.0 Å². The number of rotatable bonds is 9. The molecule has 19 heavy (non-hydrogen) atoms. The molecule has 0 aliphatic carbocycles. The van der Waals surface area contributed by atoms with Crippen LogP contribution in [0, 0.1) is 0 Å². The van der Waals surface area contributed by atoms with Gasteiger partial charge in [-0.15, -0.1) is 11.3 Å². The highest BCUT2D eigenvalue weighted by Gasteiger charge is 2.09. The number of nitrogens with one attached hydrogen (secondary N) is 2. The van der Waals surface area contributed by atoms with E-state index in [9.17, 15) is 8.42 Å². The zero-order chi connectivity index (χ0) is 14.3. The average Bonchev–Trinajstić information content (AvgIpc) is 2.70. The molecule has 4 nitrogen and oxygen atoms in total. The number of hydrogen-bond donors (Lipinski definition) is 2. The van der Waals surface area contributed by atoms with E-state index >= 15 is 0 Å². The van der Waals surface area contributed by atoms with Crippen LogP contribution < -0.4 is 10.0 Å². The van der Waals surface area contributed by atoms with E-state index in [1.807, 2.05) is 26.0 Å². The van der Waals surface area contributed by atoms with Gasteiger partial charge < -0.3 is 5.32 Å². The summed E-state index contributed by atoms with van der Waals surface area (Å²) in [6, 6.07) is 4.38. The van der Waals surface area contributed by atoms with E-state index in [0.717, 1.165) is 16.8 Å². The molecule has 0 saturated heterocycles. The van der Waals surface area contributed by atoms with Gasteiger partial charge in [0.05, 0.1) is 9.54 Å². The van der Waals surface area contributed by atoms with Crippen molar-refractivity contribution in [1.82, 2.24) is 10.0 Å². The predicted octanol–water partition coefficient (Wildman–Crippen LogP) is 2.36. The SMILES string of the molecule is CC(C)NCCCS(=O)(=O)NCCc1ccc(Br)s1. The Morgan fingerprint density at radius 3 is 2.63 bits per heavy atom. The van der Waals surface area contributed by atoms with Crippen molar-refractivity contribution in [2.45, 2.75) is 32.7 Å². The Bertz CT molecular complexity index is 472. The maximum Gasteiger partial charge on any atom is 0.211 e. The van der Waals surface area contributed by atoms with Crippen LogP contribution in [0.15, 0.2) is 15.9 Å². The second kappa shape index (κ2) is 8.36. The molecule has 0 spiro atoms. The summed E-state index contributed by atoms with van der Waals surface area (Å²) in [7, 11) is -3.14. The lowest BCUT2D eigenvalue weighted by molar-refractivity contribution is 0.561. The Morgan fingerprint density at radius 2 is 2.05 bits per heavy atom. The molecule has 1 aromatic rings. The minimum absolute atomic E-state index is 0.181. The topological polar surface area (TPSA) is 58.2 Å². The first-order valence-corrected chi connectivity index (χ1v) is 9.60. The van der Waals surface area contributed by atoms with E-state index in [4.69, 9.17) is 0 Å². The van der Waals surface area contributed by atoms with Crippen molar-refractivity contribution in [2.24, 2.45) is 0 Å². The lowest BCUT2D eigenvalue weighted by atomic mass is 10.3. The maximum atomic E-state index is 11.7. The van der Waals surface area contributed by atoms with Crippen LogP contribution >= 0.6 is 27.3 Å². The number of sulfonamides is 1. The van der Waals surface area contributed by atoms with Gasteiger partial charge in [0.25, 0.3) is 0 Å². The summed E-state index contributed by atoms with van der Waals surface area (Å²) in [5.41, 5.74) is 0. The molecule has 1 aromatic heterocycles. The average molecular weight is 369 g/mol. The first-order valence-electron chi connectivity index (χ1n) is 6.34. The fourth-order valence-corrected chi connectivity index (χ4v) is 4.11. The molecule has 2 N–H and O–H groups in total. The quantitative estimate of drug-likeness (QED) is 0.657. The van der Waals surface area contributed by atoms with E-state index in [2.05, 4.69) is 26.0 Å².